The van der Waals surface area contributed by atoms with Crippen LogP contribution in [0.15, 0.2) is 78.9 Å². The Kier molecular flexibility index (Phi) is 5.31. The van der Waals surface area contributed by atoms with E-state index >= 15 is 0 Å². The molecule has 0 aliphatic rings. The molecule has 0 bridgehead atoms. The number of rotatable bonds is 4. The molecule has 3 aromatic carbocycles. The zero-order valence-corrected chi connectivity index (χ0v) is 14.6. The number of amides is 1. The van der Waals surface area contributed by atoms with E-state index in [4.69, 9.17) is 0 Å². The molecule has 5 heteroatoms. The summed E-state index contributed by atoms with van der Waals surface area (Å²) in [5.41, 5.74) is 1.81. The molecule has 0 spiro atoms. The molecule has 0 unspecified atom stereocenters. The first-order valence-electron chi connectivity index (χ1n) is 8.49. The molecule has 138 valence electrons. The highest BCUT2D eigenvalue weighted by molar-refractivity contribution is 6.01. The summed E-state index contributed by atoms with van der Waals surface area (Å²) in [6, 6.07) is 21.0. The fourth-order valence-corrected chi connectivity index (χ4v) is 2.87. The lowest BCUT2D eigenvalue weighted by molar-refractivity contribution is -0.137. The van der Waals surface area contributed by atoms with Gasteiger partial charge in [-0.1, -0.05) is 60.7 Å². The Morgan fingerprint density at radius 2 is 1.44 bits per heavy atom. The van der Waals surface area contributed by atoms with Crippen molar-refractivity contribution in [3.05, 3.63) is 95.6 Å². The monoisotopic (exact) mass is 369 g/mol. The van der Waals surface area contributed by atoms with Crippen LogP contribution in [0.4, 0.5) is 13.2 Å². The number of carbonyl (C=O) groups excluding carboxylic acids is 1. The van der Waals surface area contributed by atoms with Gasteiger partial charge in [-0.2, -0.15) is 13.2 Å². The lowest BCUT2D eigenvalue weighted by atomic mass is 9.97. The lowest BCUT2D eigenvalue weighted by Crippen LogP contribution is -2.27. The Bertz CT molecular complexity index is 918. The number of alkyl halides is 3. The zero-order valence-electron chi connectivity index (χ0n) is 14.6. The maximum Gasteiger partial charge on any atom is 0.416 e. The van der Waals surface area contributed by atoms with E-state index in [0.717, 1.165) is 17.7 Å². The van der Waals surface area contributed by atoms with Gasteiger partial charge >= 0.3 is 6.18 Å². The van der Waals surface area contributed by atoms with Gasteiger partial charge in [0.2, 0.25) is 0 Å². The molecule has 0 saturated carbocycles. The molecular formula is C22H18F3NO. The van der Waals surface area contributed by atoms with E-state index < -0.39 is 11.7 Å². The maximum atomic E-state index is 12.8. The molecule has 27 heavy (non-hydrogen) atoms. The molecule has 0 radical (unpaired) electrons. The minimum atomic E-state index is -4.39. The summed E-state index contributed by atoms with van der Waals surface area (Å²) < 4.78 is 38.3. The molecule has 1 amide bonds. The van der Waals surface area contributed by atoms with Gasteiger partial charge in [0.05, 0.1) is 11.6 Å². The maximum absolute atomic E-state index is 12.8. The summed E-state index contributed by atoms with van der Waals surface area (Å²) in [5.74, 6) is -0.276. The van der Waals surface area contributed by atoms with Crippen LogP contribution in [0.1, 0.15) is 34.5 Å². The van der Waals surface area contributed by atoms with Gasteiger partial charge < -0.3 is 5.32 Å². The van der Waals surface area contributed by atoms with Crippen molar-refractivity contribution in [1.29, 1.82) is 0 Å². The molecule has 0 saturated heterocycles. The number of halogens is 3. The van der Waals surface area contributed by atoms with Crippen molar-refractivity contribution in [2.75, 3.05) is 0 Å². The molecule has 3 rings (SSSR count). The molecule has 3 aromatic rings. The third-order valence-electron chi connectivity index (χ3n) is 4.34. The van der Waals surface area contributed by atoms with Crippen LogP contribution >= 0.6 is 0 Å². The van der Waals surface area contributed by atoms with Crippen LogP contribution in [0, 0.1) is 0 Å². The van der Waals surface area contributed by atoms with Crippen LogP contribution in [-0.2, 0) is 6.18 Å². The Labute approximate surface area is 155 Å². The van der Waals surface area contributed by atoms with Crippen molar-refractivity contribution in [3.8, 4) is 11.1 Å². The van der Waals surface area contributed by atoms with Crippen molar-refractivity contribution in [3.63, 3.8) is 0 Å². The van der Waals surface area contributed by atoms with Crippen molar-refractivity contribution >= 4 is 5.91 Å². The molecule has 0 aromatic heterocycles. The quantitative estimate of drug-likeness (QED) is 0.613. The zero-order chi connectivity index (χ0) is 19.4. The summed E-state index contributed by atoms with van der Waals surface area (Å²) >= 11 is 0. The van der Waals surface area contributed by atoms with Gasteiger partial charge in [-0.25, -0.2) is 0 Å². The predicted octanol–water partition coefficient (Wildman–Crippen LogP) is 5.86. The van der Waals surface area contributed by atoms with E-state index in [0.29, 0.717) is 16.7 Å². The second kappa shape index (κ2) is 7.66. The molecule has 0 aliphatic carbocycles. The number of hydrogen-bond donors (Lipinski definition) is 1. The van der Waals surface area contributed by atoms with Gasteiger partial charge in [-0.05, 0) is 41.8 Å². The lowest BCUT2D eigenvalue weighted by Gasteiger charge is -2.16. The van der Waals surface area contributed by atoms with Crippen molar-refractivity contribution < 1.29 is 18.0 Å². The molecule has 0 fully saturated rings. The van der Waals surface area contributed by atoms with Gasteiger partial charge in [0.25, 0.3) is 5.91 Å². The number of carbonyl (C=O) groups is 1. The molecular weight excluding hydrogens is 351 g/mol. The number of hydrogen-bond acceptors (Lipinski definition) is 1. The first-order valence-corrected chi connectivity index (χ1v) is 8.49. The molecule has 2 nitrogen and oxygen atoms in total. The topological polar surface area (TPSA) is 29.1 Å². The minimum absolute atomic E-state index is 0.195. The van der Waals surface area contributed by atoms with Gasteiger partial charge in [0, 0.05) is 5.56 Å². The first-order chi connectivity index (χ1) is 12.9. The third kappa shape index (κ3) is 4.37. The summed E-state index contributed by atoms with van der Waals surface area (Å²) in [6.45, 7) is 1.88. The summed E-state index contributed by atoms with van der Waals surface area (Å²) in [6.07, 6.45) is -4.39. The van der Waals surface area contributed by atoms with Crippen molar-refractivity contribution in [2.45, 2.75) is 19.1 Å². The second-order valence-corrected chi connectivity index (χ2v) is 6.23. The third-order valence-corrected chi connectivity index (χ3v) is 4.34. The van der Waals surface area contributed by atoms with Crippen molar-refractivity contribution in [2.24, 2.45) is 0 Å². The highest BCUT2D eigenvalue weighted by Gasteiger charge is 2.30. The predicted molar refractivity (Wildman–Crippen MR) is 99.2 cm³/mol. The fourth-order valence-electron chi connectivity index (χ4n) is 2.87. The van der Waals surface area contributed by atoms with Crippen LogP contribution in [0.25, 0.3) is 11.1 Å². The van der Waals surface area contributed by atoms with E-state index in [9.17, 15) is 18.0 Å². The van der Waals surface area contributed by atoms with Crippen LogP contribution in [0.5, 0.6) is 0 Å². The highest BCUT2D eigenvalue weighted by atomic mass is 19.4. The van der Waals surface area contributed by atoms with Crippen LogP contribution < -0.4 is 5.32 Å². The van der Waals surface area contributed by atoms with Crippen LogP contribution in [0.3, 0.4) is 0 Å². The Balaban J connectivity index is 1.86. The Morgan fingerprint density at radius 3 is 2.07 bits per heavy atom. The minimum Gasteiger partial charge on any atom is -0.345 e. The van der Waals surface area contributed by atoms with E-state index in [-0.39, 0.29) is 11.9 Å². The summed E-state index contributed by atoms with van der Waals surface area (Å²) in [5, 5.41) is 2.94. The SMILES string of the molecule is C[C@@H](NC(=O)c1ccccc1-c1ccc(C(F)(F)F)cc1)c1ccccc1. The van der Waals surface area contributed by atoms with Gasteiger partial charge in [0.1, 0.15) is 0 Å². The average molecular weight is 369 g/mol. The van der Waals surface area contributed by atoms with Crippen LogP contribution in [-0.4, -0.2) is 5.91 Å². The normalized spacial score (nSPS) is 12.4. The fraction of sp³-hybridized carbons (Fsp3) is 0.136. The summed E-state index contributed by atoms with van der Waals surface area (Å²) in [7, 11) is 0. The van der Waals surface area contributed by atoms with E-state index in [2.05, 4.69) is 5.32 Å². The van der Waals surface area contributed by atoms with E-state index in [1.165, 1.54) is 12.1 Å². The first kappa shape index (κ1) is 18.7. The van der Waals surface area contributed by atoms with Gasteiger partial charge in [-0.15, -0.1) is 0 Å². The molecule has 0 aliphatic heterocycles. The van der Waals surface area contributed by atoms with Gasteiger partial charge in [-0.3, -0.25) is 4.79 Å². The molecule has 1 N–H and O–H groups in total. The van der Waals surface area contributed by atoms with E-state index in [1.54, 1.807) is 24.3 Å². The summed E-state index contributed by atoms with van der Waals surface area (Å²) in [4.78, 5) is 12.8. The number of benzene rings is 3. The number of nitrogens with one attached hydrogen (secondary N) is 1. The second-order valence-electron chi connectivity index (χ2n) is 6.23. The Morgan fingerprint density at radius 1 is 0.852 bits per heavy atom. The largest absolute Gasteiger partial charge is 0.416 e. The average Bonchev–Trinajstić information content (AvgIpc) is 2.68. The smallest absolute Gasteiger partial charge is 0.345 e. The molecule has 1 atom stereocenters. The highest BCUT2D eigenvalue weighted by Crippen LogP contribution is 2.32. The van der Waals surface area contributed by atoms with Crippen molar-refractivity contribution in [1.82, 2.24) is 5.32 Å². The molecule has 0 heterocycles. The van der Waals surface area contributed by atoms with Crippen LogP contribution in [0.2, 0.25) is 0 Å². The Hall–Kier alpha value is -3.08. The van der Waals surface area contributed by atoms with Gasteiger partial charge in [0.15, 0.2) is 0 Å². The standard InChI is InChI=1S/C22H18F3NO/c1-15(16-7-3-2-4-8-16)26-21(27)20-10-6-5-9-19(20)17-11-13-18(14-12-17)22(23,24)25/h2-15H,1H3,(H,26,27)/t15-/m1/s1. The van der Waals surface area contributed by atoms with E-state index in [1.807, 2.05) is 37.3 Å².